The van der Waals surface area contributed by atoms with Crippen LogP contribution in [0.1, 0.15) is 63.5 Å². The number of hydrogen-bond donors (Lipinski definition) is 0. The minimum atomic E-state index is -4.30. The number of benzene rings is 1. The summed E-state index contributed by atoms with van der Waals surface area (Å²) in [6, 6.07) is 5.99. The van der Waals surface area contributed by atoms with E-state index in [1.165, 1.54) is 31.4 Å². The number of alkyl halides is 3. The normalized spacial score (nSPS) is 27.4. The van der Waals surface area contributed by atoms with E-state index in [4.69, 9.17) is 4.74 Å². The fourth-order valence-electron chi connectivity index (χ4n) is 4.66. The van der Waals surface area contributed by atoms with Gasteiger partial charge in [0, 0.05) is 12.0 Å². The SMILES string of the molecule is CC1(C)CC(CCN2CCCCC2)(c2cccc(C(F)(F)F)c2)CCO1. The number of piperidine rings is 1. The molecule has 26 heavy (non-hydrogen) atoms. The van der Waals surface area contributed by atoms with Crippen LogP contribution in [0.25, 0.3) is 0 Å². The summed E-state index contributed by atoms with van der Waals surface area (Å²) in [4.78, 5) is 2.47. The Balaban J connectivity index is 1.87. The maximum atomic E-state index is 13.3. The van der Waals surface area contributed by atoms with Crippen LogP contribution in [0.2, 0.25) is 0 Å². The molecular weight excluding hydrogens is 339 g/mol. The highest BCUT2D eigenvalue weighted by Crippen LogP contribution is 2.45. The lowest BCUT2D eigenvalue weighted by molar-refractivity contribution is -0.137. The van der Waals surface area contributed by atoms with Gasteiger partial charge in [-0.25, -0.2) is 0 Å². The summed E-state index contributed by atoms with van der Waals surface area (Å²) < 4.78 is 45.7. The van der Waals surface area contributed by atoms with Crippen LogP contribution >= 0.6 is 0 Å². The predicted octanol–water partition coefficient (Wildman–Crippen LogP) is 5.41. The first-order valence-corrected chi connectivity index (χ1v) is 9.74. The monoisotopic (exact) mass is 369 g/mol. The molecule has 2 nitrogen and oxygen atoms in total. The van der Waals surface area contributed by atoms with E-state index in [1.807, 2.05) is 6.07 Å². The third kappa shape index (κ3) is 4.61. The first kappa shape index (κ1) is 19.7. The van der Waals surface area contributed by atoms with E-state index in [9.17, 15) is 13.2 Å². The lowest BCUT2D eigenvalue weighted by Gasteiger charge is -2.46. The van der Waals surface area contributed by atoms with Crippen LogP contribution in [0, 0.1) is 0 Å². The molecule has 0 saturated carbocycles. The minimum Gasteiger partial charge on any atom is -0.376 e. The summed E-state index contributed by atoms with van der Waals surface area (Å²) in [6.45, 7) is 7.87. The molecule has 0 N–H and O–H groups in total. The third-order valence-electron chi connectivity index (χ3n) is 6.00. The van der Waals surface area contributed by atoms with Gasteiger partial charge >= 0.3 is 6.18 Å². The zero-order valence-corrected chi connectivity index (χ0v) is 15.9. The molecule has 2 heterocycles. The molecule has 3 rings (SSSR count). The van der Waals surface area contributed by atoms with Crippen molar-refractivity contribution in [2.75, 3.05) is 26.2 Å². The molecule has 2 fully saturated rings. The lowest BCUT2D eigenvalue weighted by atomic mass is 9.67. The van der Waals surface area contributed by atoms with Crippen molar-refractivity contribution in [2.24, 2.45) is 0 Å². The number of ether oxygens (including phenoxy) is 1. The second-order valence-electron chi connectivity index (χ2n) is 8.55. The van der Waals surface area contributed by atoms with Gasteiger partial charge in [-0.3, -0.25) is 0 Å². The van der Waals surface area contributed by atoms with Crippen LogP contribution < -0.4 is 0 Å². The second kappa shape index (κ2) is 7.51. The van der Waals surface area contributed by atoms with Gasteiger partial charge in [0.25, 0.3) is 0 Å². The number of rotatable bonds is 4. The number of halogens is 3. The van der Waals surface area contributed by atoms with Crippen LogP contribution in [0.15, 0.2) is 24.3 Å². The molecular formula is C21H30F3NO. The van der Waals surface area contributed by atoms with Crippen molar-refractivity contribution in [3.8, 4) is 0 Å². The molecule has 1 aromatic carbocycles. The van der Waals surface area contributed by atoms with Crippen molar-refractivity contribution >= 4 is 0 Å². The van der Waals surface area contributed by atoms with Gasteiger partial charge in [-0.05, 0) is 77.2 Å². The number of likely N-dealkylation sites (tertiary alicyclic amines) is 1. The highest BCUT2D eigenvalue weighted by atomic mass is 19.4. The van der Waals surface area contributed by atoms with Crippen LogP contribution in [0.4, 0.5) is 13.2 Å². The Morgan fingerprint density at radius 1 is 1.12 bits per heavy atom. The molecule has 2 saturated heterocycles. The molecule has 0 spiro atoms. The first-order valence-electron chi connectivity index (χ1n) is 9.74. The fourth-order valence-corrected chi connectivity index (χ4v) is 4.66. The molecule has 0 amide bonds. The molecule has 2 aliphatic heterocycles. The van der Waals surface area contributed by atoms with Gasteiger partial charge in [-0.1, -0.05) is 24.6 Å². The van der Waals surface area contributed by atoms with E-state index in [2.05, 4.69) is 18.7 Å². The highest BCUT2D eigenvalue weighted by Gasteiger charge is 2.43. The number of hydrogen-bond acceptors (Lipinski definition) is 2. The standard InChI is InChI=1S/C21H30F3NO/c1-19(2)16-20(10-14-26-19,9-13-25-11-4-3-5-12-25)17-7-6-8-18(15-17)21(22,23)24/h6-8,15H,3-5,9-14,16H2,1-2H3. The average Bonchev–Trinajstić information content (AvgIpc) is 2.59. The molecule has 0 radical (unpaired) electrons. The van der Waals surface area contributed by atoms with E-state index in [-0.39, 0.29) is 11.0 Å². The van der Waals surface area contributed by atoms with Crippen molar-refractivity contribution in [2.45, 2.75) is 69.6 Å². The van der Waals surface area contributed by atoms with Gasteiger partial charge in [0.1, 0.15) is 0 Å². The number of nitrogens with zero attached hydrogens (tertiary/aromatic N) is 1. The summed E-state index contributed by atoms with van der Waals surface area (Å²) in [5.41, 5.74) is -0.285. The van der Waals surface area contributed by atoms with Gasteiger partial charge in [0.05, 0.1) is 11.2 Å². The molecule has 0 bridgehead atoms. The summed E-state index contributed by atoms with van der Waals surface area (Å²) >= 11 is 0. The maximum Gasteiger partial charge on any atom is 0.416 e. The molecule has 146 valence electrons. The van der Waals surface area contributed by atoms with Gasteiger partial charge in [0.2, 0.25) is 0 Å². The highest BCUT2D eigenvalue weighted by molar-refractivity contribution is 5.33. The van der Waals surface area contributed by atoms with E-state index >= 15 is 0 Å². The van der Waals surface area contributed by atoms with Crippen molar-refractivity contribution < 1.29 is 17.9 Å². The van der Waals surface area contributed by atoms with Crippen molar-refractivity contribution in [3.05, 3.63) is 35.4 Å². The van der Waals surface area contributed by atoms with E-state index in [0.29, 0.717) is 6.61 Å². The van der Waals surface area contributed by atoms with Crippen molar-refractivity contribution in [1.29, 1.82) is 0 Å². The van der Waals surface area contributed by atoms with Gasteiger partial charge in [-0.2, -0.15) is 13.2 Å². The summed E-state index contributed by atoms with van der Waals surface area (Å²) in [6.07, 6.45) is 1.87. The van der Waals surface area contributed by atoms with Crippen LogP contribution in [0.5, 0.6) is 0 Å². The Morgan fingerprint density at radius 2 is 1.85 bits per heavy atom. The quantitative estimate of drug-likeness (QED) is 0.704. The second-order valence-corrected chi connectivity index (χ2v) is 8.55. The molecule has 2 aliphatic rings. The van der Waals surface area contributed by atoms with E-state index < -0.39 is 11.7 Å². The Bertz CT molecular complexity index is 608. The first-order chi connectivity index (χ1) is 12.2. The Kier molecular flexibility index (Phi) is 5.69. The van der Waals surface area contributed by atoms with E-state index in [0.717, 1.165) is 44.5 Å². The van der Waals surface area contributed by atoms with Gasteiger partial charge in [-0.15, -0.1) is 0 Å². The molecule has 1 atom stereocenters. The Morgan fingerprint density at radius 3 is 2.50 bits per heavy atom. The summed E-state index contributed by atoms with van der Waals surface area (Å²) in [5, 5.41) is 0. The van der Waals surface area contributed by atoms with Crippen molar-refractivity contribution in [3.63, 3.8) is 0 Å². The largest absolute Gasteiger partial charge is 0.416 e. The average molecular weight is 369 g/mol. The van der Waals surface area contributed by atoms with E-state index in [1.54, 1.807) is 6.07 Å². The molecule has 5 heteroatoms. The lowest BCUT2D eigenvalue weighted by Crippen LogP contribution is -2.46. The molecule has 1 unspecified atom stereocenters. The zero-order chi connectivity index (χ0) is 18.8. The van der Waals surface area contributed by atoms with Crippen LogP contribution in [-0.4, -0.2) is 36.7 Å². The molecule has 1 aromatic rings. The van der Waals surface area contributed by atoms with Crippen LogP contribution in [0.3, 0.4) is 0 Å². The maximum absolute atomic E-state index is 13.3. The smallest absolute Gasteiger partial charge is 0.376 e. The Labute approximate surface area is 154 Å². The molecule has 0 aromatic heterocycles. The topological polar surface area (TPSA) is 12.5 Å². The van der Waals surface area contributed by atoms with Crippen LogP contribution in [-0.2, 0) is 16.3 Å². The Hall–Kier alpha value is -1.07. The van der Waals surface area contributed by atoms with Crippen molar-refractivity contribution in [1.82, 2.24) is 4.90 Å². The predicted molar refractivity (Wildman–Crippen MR) is 97.3 cm³/mol. The third-order valence-corrected chi connectivity index (χ3v) is 6.00. The summed E-state index contributed by atoms with van der Waals surface area (Å²) in [7, 11) is 0. The summed E-state index contributed by atoms with van der Waals surface area (Å²) in [5.74, 6) is 0. The zero-order valence-electron chi connectivity index (χ0n) is 15.9. The fraction of sp³-hybridized carbons (Fsp3) is 0.714. The minimum absolute atomic E-state index is 0.250. The molecule has 0 aliphatic carbocycles. The van der Waals surface area contributed by atoms with Gasteiger partial charge in [0.15, 0.2) is 0 Å². The van der Waals surface area contributed by atoms with Gasteiger partial charge < -0.3 is 9.64 Å².